The van der Waals surface area contributed by atoms with Crippen LogP contribution in [0.15, 0.2) is 216 Å². The molecule has 72 heavy (non-hydrogen) atoms. The third kappa shape index (κ3) is 11.4. The van der Waals surface area contributed by atoms with E-state index in [1.165, 1.54) is 21.9 Å². The average Bonchev–Trinajstić information content (AvgIpc) is 3.42. The van der Waals surface area contributed by atoms with Gasteiger partial charge in [0.1, 0.15) is 23.0 Å². The van der Waals surface area contributed by atoms with Crippen molar-refractivity contribution in [1.82, 2.24) is 0 Å². The zero-order valence-electron chi connectivity index (χ0n) is 41.8. The Morgan fingerprint density at radius 1 is 0.375 bits per heavy atom. The van der Waals surface area contributed by atoms with Crippen molar-refractivity contribution in [3.8, 4) is 34.5 Å². The molecule has 0 bridgehead atoms. The summed E-state index contributed by atoms with van der Waals surface area (Å²) in [5.74, 6) is 3.96. The number of hydrogen-bond acceptors (Lipinski definition) is 8. The second kappa shape index (κ2) is 22.5. The van der Waals surface area contributed by atoms with Gasteiger partial charge in [-0.1, -0.05) is 211 Å². The number of methoxy groups -OCH3 is 1. The van der Waals surface area contributed by atoms with Crippen LogP contribution >= 0.6 is 20.4 Å². The van der Waals surface area contributed by atoms with Crippen molar-refractivity contribution in [2.75, 3.05) is 7.11 Å². The molecule has 10 rings (SSSR count). The topological polar surface area (TPSA) is 64.6 Å². The van der Waals surface area contributed by atoms with Gasteiger partial charge in [0.25, 0.3) is 0 Å². The molecule has 10 aromatic rings. The van der Waals surface area contributed by atoms with E-state index in [9.17, 15) is 0 Å². The maximum Gasteiger partial charge on any atom is 0.530 e. The van der Waals surface area contributed by atoms with Crippen LogP contribution in [-0.2, 0) is 15.9 Å². The summed E-state index contributed by atoms with van der Waals surface area (Å²) in [6.45, 7) is 13.4. The fourth-order valence-corrected chi connectivity index (χ4v) is 10.4. The van der Waals surface area contributed by atoms with Crippen molar-refractivity contribution in [2.24, 2.45) is 0 Å². The number of hydrogen-bond donors (Lipinski definition) is 0. The molecule has 0 aliphatic carbocycles. The summed E-state index contributed by atoms with van der Waals surface area (Å²) in [4.78, 5) is 13.5. The standard InChI is InChI=1S/C52H49O6PS.C11H10O/c1-7-51(3,4)39-30-32-47(54-58-53-44-27-15-21-36-18-9-12-24-41(36)44)49(34-39)60-50-35-40(52(5,6)8-2)31-33-48(50)57-59(55-45-28-16-22-37-19-10-13-25-42(37)45)56-46-29-17-23-38-20-11-14-26-43(38)46;1-12-11-8-4-6-9-5-2-3-7-10(9)11/h9-35H,7-8H2,1-6H3;2-8H,1H3. The monoisotopic (exact) mass is 990 g/mol. The first-order valence-corrected chi connectivity index (χ1v) is 26.2. The Kier molecular flexibility index (Phi) is 15.5. The number of benzene rings is 10. The minimum Gasteiger partial charge on any atom is -0.496 e. The van der Waals surface area contributed by atoms with Crippen molar-refractivity contribution in [3.63, 3.8) is 0 Å². The minimum atomic E-state index is -2.04. The summed E-state index contributed by atoms with van der Waals surface area (Å²) in [6.07, 6.45) is 1.90. The Balaban J connectivity index is 0.000000464. The molecule has 10 aromatic carbocycles. The number of rotatable bonds is 17. The SMILES string of the molecule is CCC(C)(C)c1ccc(OOOc2cccc3ccccc23)c(Sc2cc(C(C)(C)CC)ccc2OP(Oc2cccc3ccccc23)Oc2cccc3ccccc23)c1.COc1cccc2ccccc12. The van der Waals surface area contributed by atoms with Crippen molar-refractivity contribution in [1.29, 1.82) is 0 Å². The second-order valence-electron chi connectivity index (χ2n) is 18.7. The highest BCUT2D eigenvalue weighted by Gasteiger charge is 2.28. The van der Waals surface area contributed by atoms with Crippen LogP contribution in [-0.4, -0.2) is 7.11 Å². The van der Waals surface area contributed by atoms with Crippen LogP contribution in [0.4, 0.5) is 0 Å². The fraction of sp³-hybridized carbons (Fsp3) is 0.175. The van der Waals surface area contributed by atoms with E-state index < -0.39 is 8.60 Å². The molecule has 0 fully saturated rings. The molecule has 7 nitrogen and oxygen atoms in total. The van der Waals surface area contributed by atoms with Gasteiger partial charge in [0.2, 0.25) is 0 Å². The van der Waals surface area contributed by atoms with Crippen LogP contribution in [0.2, 0.25) is 0 Å². The number of ether oxygens (including phenoxy) is 1. The molecule has 0 amide bonds. The third-order valence-electron chi connectivity index (χ3n) is 13.4. The van der Waals surface area contributed by atoms with Gasteiger partial charge >= 0.3 is 8.60 Å². The summed E-state index contributed by atoms with van der Waals surface area (Å²) in [6, 6.07) is 69.0. The Labute approximate surface area is 428 Å². The summed E-state index contributed by atoms with van der Waals surface area (Å²) < 4.78 is 25.8. The van der Waals surface area contributed by atoms with Crippen LogP contribution in [0.25, 0.3) is 43.1 Å². The summed E-state index contributed by atoms with van der Waals surface area (Å²) in [5.41, 5.74) is 2.16. The van der Waals surface area contributed by atoms with Gasteiger partial charge < -0.3 is 18.3 Å². The Bertz CT molecular complexity index is 3360. The lowest BCUT2D eigenvalue weighted by atomic mass is 9.82. The lowest BCUT2D eigenvalue weighted by molar-refractivity contribution is -0.411. The molecule has 0 heterocycles. The van der Waals surface area contributed by atoms with Crippen molar-refractivity contribution in [3.05, 3.63) is 217 Å². The highest BCUT2D eigenvalue weighted by Crippen LogP contribution is 2.50. The predicted molar refractivity (Wildman–Crippen MR) is 297 cm³/mol. The molecule has 9 heteroatoms. The van der Waals surface area contributed by atoms with Gasteiger partial charge in [-0.15, -0.1) is 0 Å². The molecule has 0 unspecified atom stereocenters. The molecule has 0 saturated heterocycles. The summed E-state index contributed by atoms with van der Waals surface area (Å²) >= 11 is 1.54. The Morgan fingerprint density at radius 3 is 1.18 bits per heavy atom. The maximum absolute atomic E-state index is 6.97. The van der Waals surface area contributed by atoms with Gasteiger partial charge in [0, 0.05) is 26.6 Å². The molecule has 0 radical (unpaired) electrons. The molecule has 0 aliphatic heterocycles. The van der Waals surface area contributed by atoms with E-state index in [0.29, 0.717) is 28.7 Å². The first kappa shape index (κ1) is 49.7. The van der Waals surface area contributed by atoms with E-state index in [4.69, 9.17) is 33.1 Å². The highest BCUT2D eigenvalue weighted by atomic mass is 32.2. The van der Waals surface area contributed by atoms with E-state index in [1.54, 1.807) is 18.9 Å². The van der Waals surface area contributed by atoms with E-state index in [0.717, 1.165) is 60.7 Å². The minimum absolute atomic E-state index is 0.0908. The normalized spacial score (nSPS) is 11.6. The van der Waals surface area contributed by atoms with Gasteiger partial charge in [-0.3, -0.25) is 9.78 Å². The predicted octanol–water partition coefficient (Wildman–Crippen LogP) is 18.6. The van der Waals surface area contributed by atoms with Crippen LogP contribution < -0.4 is 28.1 Å². The number of fused-ring (bicyclic) bond motifs is 4. The molecule has 0 atom stereocenters. The third-order valence-corrected chi connectivity index (χ3v) is 15.5. The van der Waals surface area contributed by atoms with E-state index >= 15 is 0 Å². The fourth-order valence-electron chi connectivity index (χ4n) is 8.27. The van der Waals surface area contributed by atoms with Gasteiger partial charge in [-0.25, -0.2) is 0 Å². The first-order chi connectivity index (χ1) is 35.0. The van der Waals surface area contributed by atoms with E-state index in [1.807, 2.05) is 127 Å². The van der Waals surface area contributed by atoms with Crippen molar-refractivity contribution in [2.45, 2.75) is 75.0 Å². The van der Waals surface area contributed by atoms with Crippen molar-refractivity contribution >= 4 is 63.5 Å². The van der Waals surface area contributed by atoms with E-state index in [2.05, 4.69) is 120 Å². The highest BCUT2D eigenvalue weighted by molar-refractivity contribution is 7.99. The molecule has 0 saturated carbocycles. The van der Waals surface area contributed by atoms with Crippen LogP contribution in [0.5, 0.6) is 34.5 Å². The summed E-state index contributed by atoms with van der Waals surface area (Å²) in [5, 5.41) is 14.0. The molecule has 0 aliphatic rings. The second-order valence-corrected chi connectivity index (χ2v) is 20.8. The zero-order valence-corrected chi connectivity index (χ0v) is 43.5. The van der Waals surface area contributed by atoms with Crippen molar-refractivity contribution < 1.29 is 33.1 Å². The van der Waals surface area contributed by atoms with E-state index in [-0.39, 0.29) is 10.8 Å². The molecule has 0 N–H and O–H groups in total. The molecule has 0 aromatic heterocycles. The molecule has 0 spiro atoms. The smallest absolute Gasteiger partial charge is 0.496 e. The summed E-state index contributed by atoms with van der Waals surface area (Å²) in [7, 11) is -0.346. The quantitative estimate of drug-likeness (QED) is 0.0508. The van der Waals surface area contributed by atoms with Gasteiger partial charge in [-0.2, -0.15) is 0 Å². The average molecular weight is 991 g/mol. The molecule has 364 valence electrons. The lowest BCUT2D eigenvalue weighted by Crippen LogP contribution is -2.16. The van der Waals surface area contributed by atoms with Crippen LogP contribution in [0.1, 0.15) is 65.5 Å². The Hall–Kier alpha value is -7.22. The largest absolute Gasteiger partial charge is 0.530 e. The van der Waals surface area contributed by atoms with Gasteiger partial charge in [0.05, 0.1) is 16.9 Å². The van der Waals surface area contributed by atoms with Gasteiger partial charge in [-0.05, 0) is 105 Å². The Morgan fingerprint density at radius 2 is 0.722 bits per heavy atom. The van der Waals surface area contributed by atoms with Crippen LogP contribution in [0, 0.1) is 0 Å². The molecular formula is C63H59O7PS. The molecular weight excluding hydrogens is 932 g/mol. The zero-order chi connectivity index (χ0) is 50.1. The first-order valence-electron chi connectivity index (χ1n) is 24.3. The van der Waals surface area contributed by atoms with Gasteiger partial charge in [0.15, 0.2) is 11.5 Å². The lowest BCUT2D eigenvalue weighted by Gasteiger charge is -2.26. The maximum atomic E-state index is 6.97. The van der Waals surface area contributed by atoms with Crippen LogP contribution in [0.3, 0.4) is 0 Å².